The summed E-state index contributed by atoms with van der Waals surface area (Å²) in [6.45, 7) is 5.87. The zero-order chi connectivity index (χ0) is 15.7. The minimum atomic E-state index is -0.0947. The molecule has 1 aromatic rings. The fraction of sp³-hybridized carbons (Fsp3) is 0.412. The van der Waals surface area contributed by atoms with Crippen LogP contribution in [0.3, 0.4) is 0 Å². The molecule has 21 heavy (non-hydrogen) atoms. The number of benzene rings is 1. The van der Waals surface area contributed by atoms with Crippen molar-refractivity contribution in [2.24, 2.45) is 0 Å². The first-order chi connectivity index (χ1) is 10.1. The summed E-state index contributed by atoms with van der Waals surface area (Å²) < 4.78 is 0. The van der Waals surface area contributed by atoms with Gasteiger partial charge in [-0.3, -0.25) is 9.59 Å². The number of unbranched alkanes of at least 4 members (excludes halogenated alkanes) is 1. The minimum absolute atomic E-state index is 0.0235. The Kier molecular flexibility index (Phi) is 7.23. The highest BCUT2D eigenvalue weighted by molar-refractivity contribution is 6.00. The van der Waals surface area contributed by atoms with E-state index >= 15 is 0 Å². The molecule has 4 nitrogen and oxygen atoms in total. The van der Waals surface area contributed by atoms with Gasteiger partial charge in [-0.1, -0.05) is 31.6 Å². The van der Waals surface area contributed by atoms with E-state index in [1.165, 1.54) is 0 Å². The summed E-state index contributed by atoms with van der Waals surface area (Å²) in [6, 6.07) is 5.60. The van der Waals surface area contributed by atoms with Crippen molar-refractivity contribution in [3.8, 4) is 0 Å². The number of amides is 2. The molecule has 0 bridgehead atoms. The lowest BCUT2D eigenvalue weighted by Gasteiger charge is -2.13. The highest BCUT2D eigenvalue weighted by atomic mass is 16.2. The van der Waals surface area contributed by atoms with E-state index in [9.17, 15) is 9.59 Å². The molecule has 0 saturated carbocycles. The molecule has 114 valence electrons. The van der Waals surface area contributed by atoms with E-state index in [2.05, 4.69) is 10.6 Å². The molecule has 0 fully saturated rings. The second-order valence-electron chi connectivity index (χ2n) is 5.02. The van der Waals surface area contributed by atoms with Crippen LogP contribution in [-0.2, 0) is 9.59 Å². The number of carbonyl (C=O) groups excluding carboxylic acids is 2. The van der Waals surface area contributed by atoms with Gasteiger partial charge in [-0.05, 0) is 38.0 Å². The molecule has 0 saturated heterocycles. The molecule has 4 heteroatoms. The Bertz CT molecular complexity index is 522. The van der Waals surface area contributed by atoms with Gasteiger partial charge in [0.15, 0.2) is 0 Å². The van der Waals surface area contributed by atoms with Gasteiger partial charge in [0, 0.05) is 12.8 Å². The van der Waals surface area contributed by atoms with Crippen molar-refractivity contribution >= 4 is 23.2 Å². The number of carbonyl (C=O) groups is 2. The number of allylic oxidation sites excluding steroid dienone is 1. The van der Waals surface area contributed by atoms with E-state index in [0.717, 1.165) is 18.4 Å². The van der Waals surface area contributed by atoms with Crippen LogP contribution in [0.15, 0.2) is 30.4 Å². The molecule has 0 aliphatic rings. The second-order valence-corrected chi connectivity index (χ2v) is 5.02. The SMILES string of the molecule is C/C=C/CC(=O)Nc1cc(C)ccc1NC(=O)CCCC. The van der Waals surface area contributed by atoms with Crippen molar-refractivity contribution < 1.29 is 9.59 Å². The van der Waals surface area contributed by atoms with Gasteiger partial charge in [0.2, 0.25) is 11.8 Å². The fourth-order valence-electron chi connectivity index (χ4n) is 1.85. The molecule has 0 radical (unpaired) electrons. The van der Waals surface area contributed by atoms with Crippen molar-refractivity contribution in [1.82, 2.24) is 0 Å². The van der Waals surface area contributed by atoms with Gasteiger partial charge >= 0.3 is 0 Å². The lowest BCUT2D eigenvalue weighted by Crippen LogP contribution is -2.16. The predicted octanol–water partition coefficient (Wildman–Crippen LogP) is 4.03. The largest absolute Gasteiger partial charge is 0.324 e. The van der Waals surface area contributed by atoms with Crippen LogP contribution in [0.25, 0.3) is 0 Å². The third-order valence-corrected chi connectivity index (χ3v) is 3.02. The van der Waals surface area contributed by atoms with Gasteiger partial charge < -0.3 is 10.6 Å². The molecule has 0 aliphatic carbocycles. The molecule has 2 N–H and O–H groups in total. The highest BCUT2D eigenvalue weighted by Crippen LogP contribution is 2.23. The molecular formula is C17H24N2O2. The average Bonchev–Trinajstić information content (AvgIpc) is 2.45. The van der Waals surface area contributed by atoms with Crippen LogP contribution in [0.1, 0.15) is 45.1 Å². The maximum atomic E-state index is 11.8. The van der Waals surface area contributed by atoms with E-state index in [0.29, 0.717) is 24.2 Å². The normalized spacial score (nSPS) is 10.6. The lowest BCUT2D eigenvalue weighted by atomic mass is 10.1. The first-order valence-electron chi connectivity index (χ1n) is 7.38. The van der Waals surface area contributed by atoms with Crippen LogP contribution in [0, 0.1) is 6.92 Å². The number of aryl methyl sites for hydroxylation is 1. The number of hydrogen-bond acceptors (Lipinski definition) is 2. The smallest absolute Gasteiger partial charge is 0.228 e. The van der Waals surface area contributed by atoms with Gasteiger partial charge in [-0.25, -0.2) is 0 Å². The third kappa shape index (κ3) is 6.25. The molecular weight excluding hydrogens is 264 g/mol. The number of anilines is 2. The summed E-state index contributed by atoms with van der Waals surface area (Å²) in [5, 5.41) is 5.71. The number of nitrogens with one attached hydrogen (secondary N) is 2. The molecule has 1 rings (SSSR count). The van der Waals surface area contributed by atoms with Gasteiger partial charge in [0.1, 0.15) is 0 Å². The second kappa shape index (κ2) is 8.95. The van der Waals surface area contributed by atoms with E-state index in [-0.39, 0.29) is 11.8 Å². The molecule has 0 aliphatic heterocycles. The predicted molar refractivity (Wildman–Crippen MR) is 87.4 cm³/mol. The van der Waals surface area contributed by atoms with Gasteiger partial charge in [-0.15, -0.1) is 0 Å². The van der Waals surface area contributed by atoms with Gasteiger partial charge in [0.25, 0.3) is 0 Å². The maximum Gasteiger partial charge on any atom is 0.228 e. The highest BCUT2D eigenvalue weighted by Gasteiger charge is 2.09. The average molecular weight is 288 g/mol. The Hall–Kier alpha value is -2.10. The lowest BCUT2D eigenvalue weighted by molar-refractivity contribution is -0.116. The maximum absolute atomic E-state index is 11.8. The molecule has 0 unspecified atom stereocenters. The summed E-state index contributed by atoms with van der Waals surface area (Å²) in [7, 11) is 0. The van der Waals surface area contributed by atoms with E-state index in [4.69, 9.17) is 0 Å². The van der Waals surface area contributed by atoms with Crippen molar-refractivity contribution in [3.63, 3.8) is 0 Å². The molecule has 0 heterocycles. The Labute approximate surface area is 126 Å². The van der Waals surface area contributed by atoms with Crippen LogP contribution in [0.2, 0.25) is 0 Å². The Morgan fingerprint density at radius 2 is 1.86 bits per heavy atom. The van der Waals surface area contributed by atoms with Crippen LogP contribution < -0.4 is 10.6 Å². The first-order valence-corrected chi connectivity index (χ1v) is 7.38. The summed E-state index contributed by atoms with van der Waals surface area (Å²) in [6.07, 6.45) is 6.30. The molecule has 2 amide bonds. The summed E-state index contributed by atoms with van der Waals surface area (Å²) >= 11 is 0. The zero-order valence-electron chi connectivity index (χ0n) is 13.0. The van der Waals surface area contributed by atoms with Crippen molar-refractivity contribution in [2.45, 2.75) is 46.5 Å². The van der Waals surface area contributed by atoms with Crippen molar-refractivity contribution in [3.05, 3.63) is 35.9 Å². The summed E-state index contributed by atoms with van der Waals surface area (Å²) in [4.78, 5) is 23.6. The third-order valence-electron chi connectivity index (χ3n) is 3.02. The molecule has 1 aromatic carbocycles. The Morgan fingerprint density at radius 1 is 1.14 bits per heavy atom. The van der Waals surface area contributed by atoms with Crippen LogP contribution >= 0.6 is 0 Å². The monoisotopic (exact) mass is 288 g/mol. The first kappa shape index (κ1) is 17.0. The Morgan fingerprint density at radius 3 is 2.52 bits per heavy atom. The molecule has 0 aromatic heterocycles. The van der Waals surface area contributed by atoms with Crippen LogP contribution in [0.5, 0.6) is 0 Å². The zero-order valence-corrected chi connectivity index (χ0v) is 13.0. The van der Waals surface area contributed by atoms with Crippen LogP contribution in [-0.4, -0.2) is 11.8 Å². The molecule has 0 spiro atoms. The van der Waals surface area contributed by atoms with Crippen molar-refractivity contribution in [1.29, 1.82) is 0 Å². The van der Waals surface area contributed by atoms with Gasteiger partial charge in [-0.2, -0.15) is 0 Å². The number of hydrogen-bond donors (Lipinski definition) is 2. The van der Waals surface area contributed by atoms with E-state index < -0.39 is 0 Å². The standard InChI is InChI=1S/C17H24N2O2/c1-4-6-8-16(20)18-14-11-10-13(3)12-15(14)19-17(21)9-7-5-2/h5,7,10-12H,4,6,8-9H2,1-3H3,(H,18,20)(H,19,21)/b7-5+. The van der Waals surface area contributed by atoms with Crippen LogP contribution in [0.4, 0.5) is 11.4 Å². The fourth-order valence-corrected chi connectivity index (χ4v) is 1.85. The van der Waals surface area contributed by atoms with Crippen molar-refractivity contribution in [2.75, 3.05) is 10.6 Å². The topological polar surface area (TPSA) is 58.2 Å². The minimum Gasteiger partial charge on any atom is -0.324 e. The molecule has 0 atom stereocenters. The van der Waals surface area contributed by atoms with E-state index in [1.807, 2.05) is 45.0 Å². The quantitative estimate of drug-likeness (QED) is 0.744. The number of rotatable bonds is 7. The summed E-state index contributed by atoms with van der Waals surface area (Å²) in [5.74, 6) is -0.118. The van der Waals surface area contributed by atoms with Gasteiger partial charge in [0.05, 0.1) is 11.4 Å². The Balaban J connectivity index is 2.79. The summed E-state index contributed by atoms with van der Waals surface area (Å²) in [5.41, 5.74) is 2.33. The van der Waals surface area contributed by atoms with E-state index in [1.54, 1.807) is 6.08 Å².